The van der Waals surface area contributed by atoms with E-state index in [0.29, 0.717) is 29.8 Å². The van der Waals surface area contributed by atoms with Crippen molar-refractivity contribution in [1.29, 1.82) is 0 Å². The van der Waals surface area contributed by atoms with E-state index in [1.54, 1.807) is 44.2 Å². The van der Waals surface area contributed by atoms with Crippen LogP contribution in [0.25, 0.3) is 0 Å². The molecule has 0 aliphatic carbocycles. The summed E-state index contributed by atoms with van der Waals surface area (Å²) in [4.78, 5) is 98.0. The molecule has 1 aromatic carbocycles. The minimum atomic E-state index is -1.21. The monoisotopic (exact) mass is 843 g/mol. The Kier molecular flexibility index (Phi) is 20.3. The number of hydrogen-bond acceptors (Lipinski definition) is 9. The predicted octanol–water partition coefficient (Wildman–Crippen LogP) is 4.92. The Hall–Kier alpha value is -4.72. The summed E-state index contributed by atoms with van der Waals surface area (Å²) >= 11 is 6.11. The molecule has 5 amide bonds. The number of ether oxygens (including phenoxy) is 2. The van der Waals surface area contributed by atoms with Crippen LogP contribution in [0.2, 0.25) is 5.02 Å². The molecule has 0 bridgehead atoms. The maximum absolute atomic E-state index is 14.2. The molecule has 0 saturated carbocycles. The second-order valence-corrected chi connectivity index (χ2v) is 16.7. The number of benzene rings is 1. The minimum Gasteiger partial charge on any atom is -0.456 e. The van der Waals surface area contributed by atoms with Gasteiger partial charge in [-0.2, -0.15) is 0 Å². The fraction of sp³-hybridized carbons (Fsp3) is 0.614. The minimum absolute atomic E-state index is 0.0437. The van der Waals surface area contributed by atoms with Gasteiger partial charge in [0.15, 0.2) is 6.10 Å². The first-order chi connectivity index (χ1) is 27.6. The van der Waals surface area contributed by atoms with Gasteiger partial charge >= 0.3 is 11.9 Å². The fourth-order valence-electron chi connectivity index (χ4n) is 6.60. The van der Waals surface area contributed by atoms with Crippen molar-refractivity contribution in [3.05, 3.63) is 58.1 Å². The van der Waals surface area contributed by atoms with E-state index in [1.165, 1.54) is 32.8 Å². The van der Waals surface area contributed by atoms with Crippen molar-refractivity contribution < 1.29 is 43.0 Å². The maximum atomic E-state index is 14.2. The molecule has 328 valence electrons. The largest absolute Gasteiger partial charge is 0.456 e. The number of nitrogens with one attached hydrogen (secondary N) is 3. The number of carbonyl (C=O) groups is 7. The summed E-state index contributed by atoms with van der Waals surface area (Å²) in [5.74, 6) is -5.01. The van der Waals surface area contributed by atoms with Crippen LogP contribution in [0.1, 0.15) is 100 Å². The highest BCUT2D eigenvalue weighted by atomic mass is 35.5. The van der Waals surface area contributed by atoms with Crippen LogP contribution >= 0.6 is 11.6 Å². The van der Waals surface area contributed by atoms with E-state index < -0.39 is 84.4 Å². The molecule has 0 radical (unpaired) electrons. The number of carbonyl (C=O) groups excluding carboxylic acids is 7. The molecule has 1 aliphatic rings. The van der Waals surface area contributed by atoms with Crippen LogP contribution in [0.15, 0.2) is 47.6 Å². The van der Waals surface area contributed by atoms with Crippen molar-refractivity contribution in [2.75, 3.05) is 20.6 Å². The van der Waals surface area contributed by atoms with Gasteiger partial charge in [-0.25, -0.2) is 9.59 Å². The number of halogens is 1. The Balaban J connectivity index is 2.60. The van der Waals surface area contributed by atoms with E-state index in [0.717, 1.165) is 10.5 Å². The highest BCUT2D eigenvalue weighted by Gasteiger charge is 2.36. The normalized spacial score (nSPS) is 27.6. The molecule has 8 atom stereocenters. The molecule has 1 aromatic rings. The van der Waals surface area contributed by atoms with Gasteiger partial charge < -0.3 is 35.2 Å². The van der Waals surface area contributed by atoms with Crippen molar-refractivity contribution in [2.45, 2.75) is 138 Å². The summed E-state index contributed by atoms with van der Waals surface area (Å²) in [6.07, 6.45) is 3.42. The van der Waals surface area contributed by atoms with Gasteiger partial charge in [0, 0.05) is 31.1 Å². The first kappa shape index (κ1) is 50.4. The van der Waals surface area contributed by atoms with Crippen molar-refractivity contribution >= 4 is 53.1 Å². The van der Waals surface area contributed by atoms with Gasteiger partial charge in [-0.05, 0) is 94.9 Å². The molecule has 0 spiro atoms. The van der Waals surface area contributed by atoms with Crippen molar-refractivity contribution in [1.82, 2.24) is 25.8 Å². The molecule has 1 heterocycles. The summed E-state index contributed by atoms with van der Waals surface area (Å²) < 4.78 is 11.7. The molecule has 0 aromatic heterocycles. The molecular formula is C44H66ClN5O9. The van der Waals surface area contributed by atoms with Gasteiger partial charge in [0.2, 0.25) is 23.6 Å². The fourth-order valence-corrected chi connectivity index (χ4v) is 6.72. The van der Waals surface area contributed by atoms with E-state index in [9.17, 15) is 33.6 Å². The van der Waals surface area contributed by atoms with Gasteiger partial charge in [-0.15, -0.1) is 0 Å². The van der Waals surface area contributed by atoms with Crippen LogP contribution in [0.4, 0.5) is 0 Å². The molecule has 15 heteroatoms. The lowest BCUT2D eigenvalue weighted by Crippen LogP contribution is -2.57. The number of likely N-dealkylation sites (N-methyl/N-ethyl adjacent to an activating group) is 2. The Labute approximate surface area is 355 Å². The summed E-state index contributed by atoms with van der Waals surface area (Å²) in [5, 5.41) is 8.60. The lowest BCUT2D eigenvalue weighted by molar-refractivity contribution is -0.154. The van der Waals surface area contributed by atoms with Crippen LogP contribution in [0, 0.1) is 17.8 Å². The maximum Gasteiger partial charge on any atom is 0.334 e. The average Bonchev–Trinajstić information content (AvgIpc) is 3.18. The molecule has 1 aliphatic heterocycles. The number of esters is 2. The molecule has 0 fully saturated rings. The number of hydrogen-bond donors (Lipinski definition) is 3. The van der Waals surface area contributed by atoms with Gasteiger partial charge in [0.05, 0.1) is 6.54 Å². The SMILES string of the molecule is C/C=C(\C)[C@H]1OC(=O)[C@@H](C)NC(=O)[C@H]([C@H](C)CC)NC(=O)CN(C)C(=O)[C@@H](Cc2ccc(Cl)cc2)N(C)C(=O)[C@H](C)NC(=O)[C@@H](CC(C)C)OC(=O)/C(C)=C/CC[C@@H]1C. The summed E-state index contributed by atoms with van der Waals surface area (Å²) in [6, 6.07) is 2.38. The van der Waals surface area contributed by atoms with Crippen LogP contribution in [-0.2, 0) is 49.5 Å². The summed E-state index contributed by atoms with van der Waals surface area (Å²) in [5.41, 5.74) is 1.77. The Bertz CT molecular complexity index is 1710. The van der Waals surface area contributed by atoms with Crippen molar-refractivity contribution in [3.63, 3.8) is 0 Å². The van der Waals surface area contributed by atoms with Crippen LogP contribution in [-0.4, -0.2) is 108 Å². The Morgan fingerprint density at radius 1 is 0.898 bits per heavy atom. The number of rotatable bonds is 7. The third kappa shape index (κ3) is 15.4. The summed E-state index contributed by atoms with van der Waals surface area (Å²) in [7, 11) is 2.85. The van der Waals surface area contributed by atoms with E-state index in [-0.39, 0.29) is 36.2 Å². The van der Waals surface area contributed by atoms with Gasteiger partial charge in [-0.1, -0.05) is 76.9 Å². The van der Waals surface area contributed by atoms with E-state index in [1.807, 2.05) is 47.6 Å². The standard InChI is InChI=1S/C44H66ClN5O9/c1-13-26(5)37-40(53)47-31(10)44(57)59-38(27(6)14-2)28(7)16-15-17-29(8)43(56)58-35(22-25(3)4)39(52)46-30(9)41(54)50(12)34(23-32-18-20-33(45)21-19-32)42(55)49(11)24-36(51)48-37/h14,17-21,25-26,28,30-31,34-35,37-38H,13,15-16,22-24H2,1-12H3,(H,46,52)(H,47,53)(H,48,51)/b27-14+,29-17+/t26-,28+,30+,31-,34-,35-,37+,38-/m1/s1. The molecule has 0 saturated heterocycles. The predicted molar refractivity (Wildman–Crippen MR) is 227 cm³/mol. The quantitative estimate of drug-likeness (QED) is 0.254. The third-order valence-corrected chi connectivity index (χ3v) is 11.0. The lowest BCUT2D eigenvalue weighted by atomic mass is 9.93. The Morgan fingerprint density at radius 2 is 1.51 bits per heavy atom. The molecule has 2 rings (SSSR count). The second kappa shape index (κ2) is 23.8. The van der Waals surface area contributed by atoms with Crippen molar-refractivity contribution in [2.24, 2.45) is 17.8 Å². The first-order valence-electron chi connectivity index (χ1n) is 20.5. The molecular weight excluding hydrogens is 778 g/mol. The molecule has 59 heavy (non-hydrogen) atoms. The highest BCUT2D eigenvalue weighted by Crippen LogP contribution is 2.23. The second-order valence-electron chi connectivity index (χ2n) is 16.2. The molecule has 14 nitrogen and oxygen atoms in total. The zero-order chi connectivity index (χ0) is 44.7. The number of nitrogens with zero attached hydrogens (tertiary/aromatic N) is 2. The number of allylic oxidation sites excluding steroid dienone is 2. The zero-order valence-corrected chi connectivity index (χ0v) is 37.6. The van der Waals surface area contributed by atoms with E-state index >= 15 is 0 Å². The smallest absolute Gasteiger partial charge is 0.334 e. The van der Waals surface area contributed by atoms with Crippen LogP contribution in [0.3, 0.4) is 0 Å². The molecule has 3 N–H and O–H groups in total. The zero-order valence-electron chi connectivity index (χ0n) is 36.8. The third-order valence-electron chi connectivity index (χ3n) is 10.7. The topological polar surface area (TPSA) is 181 Å². The van der Waals surface area contributed by atoms with E-state index in [4.69, 9.17) is 21.1 Å². The number of amides is 5. The van der Waals surface area contributed by atoms with Gasteiger partial charge in [0.25, 0.3) is 5.91 Å². The average molecular weight is 844 g/mol. The first-order valence-corrected chi connectivity index (χ1v) is 20.9. The molecule has 0 unspecified atom stereocenters. The number of cyclic esters (lactones) is 2. The van der Waals surface area contributed by atoms with Crippen LogP contribution in [0.5, 0.6) is 0 Å². The van der Waals surface area contributed by atoms with Gasteiger partial charge in [0.1, 0.15) is 30.3 Å². The highest BCUT2D eigenvalue weighted by molar-refractivity contribution is 6.30. The van der Waals surface area contributed by atoms with Crippen LogP contribution < -0.4 is 16.0 Å². The Morgan fingerprint density at radius 3 is 2.08 bits per heavy atom. The summed E-state index contributed by atoms with van der Waals surface area (Å²) in [6.45, 7) is 17.1. The van der Waals surface area contributed by atoms with E-state index in [2.05, 4.69) is 16.0 Å². The van der Waals surface area contributed by atoms with Crippen molar-refractivity contribution in [3.8, 4) is 0 Å². The van der Waals surface area contributed by atoms with Gasteiger partial charge in [-0.3, -0.25) is 24.0 Å². The lowest BCUT2D eigenvalue weighted by Gasteiger charge is -2.33.